The van der Waals surface area contributed by atoms with E-state index < -0.39 is 0 Å². The van der Waals surface area contributed by atoms with Crippen LogP contribution in [0.1, 0.15) is 30.2 Å². The number of hydrogen-bond donors (Lipinski definition) is 1. The van der Waals surface area contributed by atoms with E-state index in [-0.39, 0.29) is 11.7 Å². The van der Waals surface area contributed by atoms with Crippen LogP contribution >= 0.6 is 34.7 Å². The highest BCUT2D eigenvalue weighted by Gasteiger charge is 2.11. The molecule has 0 saturated heterocycles. The molecule has 0 unspecified atom stereocenters. The normalized spacial score (nSPS) is 11.1. The lowest BCUT2D eigenvalue weighted by molar-refractivity contribution is -0.118. The Morgan fingerprint density at radius 2 is 2.04 bits per heavy atom. The fourth-order valence-corrected chi connectivity index (χ4v) is 4.12. The first kappa shape index (κ1) is 18.9. The lowest BCUT2D eigenvalue weighted by atomic mass is 10.0. The molecule has 2 aromatic heterocycles. The fraction of sp³-hybridized carbons (Fsp3) is 0.278. The second kappa shape index (κ2) is 8.70. The Kier molecular flexibility index (Phi) is 6.34. The summed E-state index contributed by atoms with van der Waals surface area (Å²) in [6, 6.07) is 12.0. The molecule has 0 aliphatic carbocycles. The summed E-state index contributed by atoms with van der Waals surface area (Å²) in [6.45, 7) is 4.82. The molecule has 0 fully saturated rings. The third-order valence-corrected chi connectivity index (χ3v) is 5.95. The van der Waals surface area contributed by atoms with Gasteiger partial charge in [0.25, 0.3) is 0 Å². The molecule has 5 nitrogen and oxygen atoms in total. The number of amides is 1. The number of halogens is 1. The van der Waals surface area contributed by atoms with Crippen LogP contribution in [0.3, 0.4) is 0 Å². The number of hydrogen-bond acceptors (Lipinski definition) is 5. The van der Waals surface area contributed by atoms with Crippen LogP contribution in [0.25, 0.3) is 5.69 Å². The van der Waals surface area contributed by atoms with Crippen molar-refractivity contribution in [2.45, 2.75) is 31.5 Å². The van der Waals surface area contributed by atoms with E-state index in [1.807, 2.05) is 28.8 Å². The average Bonchev–Trinajstić information content (AvgIpc) is 3.27. The van der Waals surface area contributed by atoms with Gasteiger partial charge in [-0.05, 0) is 35.7 Å². The maximum atomic E-state index is 12.1. The molecular weight excluding hydrogens is 388 g/mol. The van der Waals surface area contributed by atoms with Crippen molar-refractivity contribution in [1.29, 1.82) is 0 Å². The van der Waals surface area contributed by atoms with Crippen LogP contribution in [-0.4, -0.2) is 26.4 Å². The maximum absolute atomic E-state index is 12.1. The molecule has 1 N–H and O–H groups in total. The van der Waals surface area contributed by atoms with Crippen LogP contribution < -0.4 is 5.32 Å². The van der Waals surface area contributed by atoms with E-state index >= 15 is 0 Å². The maximum Gasteiger partial charge on any atom is 0.230 e. The van der Waals surface area contributed by atoms with Gasteiger partial charge in [0.1, 0.15) is 6.33 Å². The van der Waals surface area contributed by atoms with Crippen LogP contribution in [-0.2, 0) is 11.3 Å². The van der Waals surface area contributed by atoms with E-state index in [0.717, 1.165) is 14.9 Å². The molecule has 2 heterocycles. The van der Waals surface area contributed by atoms with Crippen molar-refractivity contribution in [3.8, 4) is 5.69 Å². The number of thiophene rings is 1. The molecule has 1 amide bonds. The van der Waals surface area contributed by atoms with Crippen LogP contribution in [0.15, 0.2) is 47.9 Å². The highest BCUT2D eigenvalue weighted by molar-refractivity contribution is 7.99. The lowest BCUT2D eigenvalue weighted by Crippen LogP contribution is -2.24. The van der Waals surface area contributed by atoms with Crippen molar-refractivity contribution in [2.75, 3.05) is 5.75 Å². The van der Waals surface area contributed by atoms with Crippen LogP contribution in [0.4, 0.5) is 0 Å². The van der Waals surface area contributed by atoms with Gasteiger partial charge in [-0.2, -0.15) is 0 Å². The topological polar surface area (TPSA) is 59.8 Å². The standard InChI is InChI=1S/C18H19ClN4OS2/c1-12(2)13-3-5-14(6-4-13)23-11-21-22-18(23)25-10-17(24)20-9-15-7-8-16(19)26-15/h3-8,11-12H,9-10H2,1-2H3,(H,20,24). The van der Waals surface area contributed by atoms with Crippen LogP contribution in [0.2, 0.25) is 4.34 Å². The minimum absolute atomic E-state index is 0.0516. The number of nitrogens with zero attached hydrogens (tertiary/aromatic N) is 3. The van der Waals surface area contributed by atoms with Gasteiger partial charge in [0, 0.05) is 10.6 Å². The Hall–Kier alpha value is -1.83. The van der Waals surface area contributed by atoms with Crippen LogP contribution in [0, 0.1) is 0 Å². The van der Waals surface area contributed by atoms with Crippen molar-refractivity contribution in [3.05, 3.63) is 57.5 Å². The first-order valence-corrected chi connectivity index (χ1v) is 10.3. The number of carbonyl (C=O) groups excluding carboxylic acids is 1. The number of rotatable bonds is 7. The molecule has 0 radical (unpaired) electrons. The molecule has 1 aromatic carbocycles. The summed E-state index contributed by atoms with van der Waals surface area (Å²) in [5, 5.41) is 11.7. The Bertz CT molecular complexity index is 873. The van der Waals surface area contributed by atoms with Crippen molar-refractivity contribution >= 4 is 40.6 Å². The smallest absolute Gasteiger partial charge is 0.230 e. The Morgan fingerprint density at radius 3 is 2.69 bits per heavy atom. The number of thioether (sulfide) groups is 1. The Labute approximate surface area is 165 Å². The first-order chi connectivity index (χ1) is 12.5. The highest BCUT2D eigenvalue weighted by Crippen LogP contribution is 2.23. The summed E-state index contributed by atoms with van der Waals surface area (Å²) in [6.07, 6.45) is 1.66. The van der Waals surface area contributed by atoms with E-state index in [2.05, 4.69) is 41.5 Å². The predicted octanol–water partition coefficient (Wildman–Crippen LogP) is 4.51. The van der Waals surface area contributed by atoms with Gasteiger partial charge in [0.05, 0.1) is 16.6 Å². The molecule has 8 heteroatoms. The number of nitrogens with one attached hydrogen (secondary N) is 1. The second-order valence-corrected chi connectivity index (χ2v) is 8.74. The van der Waals surface area contributed by atoms with Gasteiger partial charge in [-0.25, -0.2) is 0 Å². The Morgan fingerprint density at radius 1 is 1.27 bits per heavy atom. The van der Waals surface area contributed by atoms with Gasteiger partial charge in [0.15, 0.2) is 5.16 Å². The predicted molar refractivity (Wildman–Crippen MR) is 107 cm³/mol. The summed E-state index contributed by atoms with van der Waals surface area (Å²) >= 11 is 8.72. The summed E-state index contributed by atoms with van der Waals surface area (Å²) in [5.74, 6) is 0.715. The molecule has 3 rings (SSSR count). The fourth-order valence-electron chi connectivity index (χ4n) is 2.33. The molecule has 0 aliphatic rings. The Balaban J connectivity index is 1.57. The van der Waals surface area contributed by atoms with Gasteiger partial charge < -0.3 is 5.32 Å². The monoisotopic (exact) mass is 406 g/mol. The first-order valence-electron chi connectivity index (χ1n) is 8.17. The molecule has 0 bridgehead atoms. The molecular formula is C18H19ClN4OS2. The van der Waals surface area contributed by atoms with Gasteiger partial charge in [-0.15, -0.1) is 21.5 Å². The van der Waals surface area contributed by atoms with Gasteiger partial charge in [-0.1, -0.05) is 49.3 Å². The molecule has 136 valence electrons. The van der Waals surface area contributed by atoms with E-state index in [1.54, 1.807) is 6.33 Å². The quantitative estimate of drug-likeness (QED) is 0.586. The molecule has 0 atom stereocenters. The number of aromatic nitrogens is 3. The van der Waals surface area contributed by atoms with E-state index in [1.165, 1.54) is 28.7 Å². The third kappa shape index (κ3) is 4.87. The summed E-state index contributed by atoms with van der Waals surface area (Å²) in [7, 11) is 0. The molecule has 3 aromatic rings. The average molecular weight is 407 g/mol. The molecule has 0 spiro atoms. The minimum Gasteiger partial charge on any atom is -0.350 e. The largest absolute Gasteiger partial charge is 0.350 e. The zero-order chi connectivity index (χ0) is 18.5. The zero-order valence-corrected chi connectivity index (χ0v) is 16.9. The van der Waals surface area contributed by atoms with Gasteiger partial charge in [0.2, 0.25) is 5.91 Å². The van der Waals surface area contributed by atoms with Crippen molar-refractivity contribution in [2.24, 2.45) is 0 Å². The number of benzene rings is 1. The van der Waals surface area contributed by atoms with E-state index in [0.29, 0.717) is 17.6 Å². The van der Waals surface area contributed by atoms with E-state index in [9.17, 15) is 4.79 Å². The molecule has 26 heavy (non-hydrogen) atoms. The zero-order valence-electron chi connectivity index (χ0n) is 14.5. The SMILES string of the molecule is CC(C)c1ccc(-n2cnnc2SCC(=O)NCc2ccc(Cl)s2)cc1. The third-order valence-electron chi connectivity index (χ3n) is 3.78. The van der Waals surface area contributed by atoms with Crippen molar-refractivity contribution < 1.29 is 4.79 Å². The highest BCUT2D eigenvalue weighted by atomic mass is 35.5. The second-order valence-electron chi connectivity index (χ2n) is 6.00. The summed E-state index contributed by atoms with van der Waals surface area (Å²) in [4.78, 5) is 13.1. The van der Waals surface area contributed by atoms with Crippen molar-refractivity contribution in [1.82, 2.24) is 20.1 Å². The van der Waals surface area contributed by atoms with Gasteiger partial charge in [-0.3, -0.25) is 9.36 Å². The molecule has 0 aliphatic heterocycles. The van der Waals surface area contributed by atoms with Crippen LogP contribution in [0.5, 0.6) is 0 Å². The minimum atomic E-state index is -0.0516. The van der Waals surface area contributed by atoms with E-state index in [4.69, 9.17) is 11.6 Å². The van der Waals surface area contributed by atoms with Crippen molar-refractivity contribution in [3.63, 3.8) is 0 Å². The van der Waals surface area contributed by atoms with Gasteiger partial charge >= 0.3 is 0 Å². The lowest BCUT2D eigenvalue weighted by Gasteiger charge is -2.09. The summed E-state index contributed by atoms with van der Waals surface area (Å²) in [5.41, 5.74) is 2.26. The molecule has 0 saturated carbocycles. The number of carbonyl (C=O) groups is 1. The summed E-state index contributed by atoms with van der Waals surface area (Å²) < 4.78 is 2.61.